The van der Waals surface area contributed by atoms with Gasteiger partial charge in [-0.15, -0.1) is 0 Å². The van der Waals surface area contributed by atoms with Gasteiger partial charge in [0, 0.05) is 24.5 Å². The molecule has 0 spiro atoms. The summed E-state index contributed by atoms with van der Waals surface area (Å²) in [5, 5.41) is 11.5. The van der Waals surface area contributed by atoms with Crippen LogP contribution in [0.5, 0.6) is 0 Å². The number of nitrogens with one attached hydrogen (secondary N) is 1. The number of carbonyl (C=O) groups excluding carboxylic acids is 1. The van der Waals surface area contributed by atoms with Crippen LogP contribution >= 0.6 is 0 Å². The minimum Gasteiger partial charge on any atom is -0.481 e. The highest BCUT2D eigenvalue weighted by atomic mass is 16.4. The summed E-state index contributed by atoms with van der Waals surface area (Å²) in [5.74, 6) is -0.832. The lowest BCUT2D eigenvalue weighted by Gasteiger charge is -2.30. The van der Waals surface area contributed by atoms with Crippen molar-refractivity contribution in [2.24, 2.45) is 0 Å². The summed E-state index contributed by atoms with van der Waals surface area (Å²) in [6.45, 7) is 6.54. The number of likely N-dealkylation sites (tertiary alicyclic amines) is 1. The highest BCUT2D eigenvalue weighted by Crippen LogP contribution is 2.18. The van der Waals surface area contributed by atoms with E-state index in [0.717, 1.165) is 19.4 Å². The third kappa shape index (κ3) is 4.24. The highest BCUT2D eigenvalue weighted by Gasteiger charge is 2.29. The van der Waals surface area contributed by atoms with Gasteiger partial charge >= 0.3 is 12.0 Å². The number of carboxylic acids is 1. The van der Waals surface area contributed by atoms with Gasteiger partial charge in [-0.25, -0.2) is 4.79 Å². The van der Waals surface area contributed by atoms with E-state index in [-0.39, 0.29) is 18.5 Å². The first-order chi connectivity index (χ1) is 7.82. The van der Waals surface area contributed by atoms with Gasteiger partial charge in [-0.3, -0.25) is 4.79 Å². The second-order valence-electron chi connectivity index (χ2n) is 5.39. The molecule has 1 unspecified atom stereocenters. The SMILES string of the molecule is CC1CCCN1C(=O)NC(C)(C)CCC(=O)O. The number of amides is 2. The Morgan fingerprint density at radius 3 is 2.59 bits per heavy atom. The van der Waals surface area contributed by atoms with Gasteiger partial charge in [-0.05, 0) is 40.0 Å². The molecular formula is C12H22N2O3. The molecule has 0 radical (unpaired) electrons. The molecule has 0 saturated carbocycles. The number of nitrogens with zero attached hydrogens (tertiary/aromatic N) is 1. The lowest BCUT2D eigenvalue weighted by molar-refractivity contribution is -0.137. The van der Waals surface area contributed by atoms with Crippen molar-refractivity contribution in [2.45, 2.75) is 58.0 Å². The van der Waals surface area contributed by atoms with Crippen LogP contribution in [0.4, 0.5) is 4.79 Å². The van der Waals surface area contributed by atoms with Crippen LogP contribution < -0.4 is 5.32 Å². The summed E-state index contributed by atoms with van der Waals surface area (Å²) >= 11 is 0. The van der Waals surface area contributed by atoms with Gasteiger partial charge in [0.2, 0.25) is 0 Å². The second kappa shape index (κ2) is 5.38. The predicted molar refractivity (Wildman–Crippen MR) is 64.9 cm³/mol. The molecule has 0 aromatic rings. The van der Waals surface area contributed by atoms with Gasteiger partial charge < -0.3 is 15.3 Å². The van der Waals surface area contributed by atoms with Crippen molar-refractivity contribution >= 4 is 12.0 Å². The quantitative estimate of drug-likeness (QED) is 0.790. The summed E-state index contributed by atoms with van der Waals surface area (Å²) in [6.07, 6.45) is 2.60. The van der Waals surface area contributed by atoms with Crippen LogP contribution in [0.15, 0.2) is 0 Å². The fraction of sp³-hybridized carbons (Fsp3) is 0.833. The Kier molecular flexibility index (Phi) is 4.37. The Morgan fingerprint density at radius 1 is 1.47 bits per heavy atom. The predicted octanol–water partition coefficient (Wildman–Crippen LogP) is 1.82. The van der Waals surface area contributed by atoms with E-state index in [1.165, 1.54) is 0 Å². The lowest BCUT2D eigenvalue weighted by Crippen LogP contribution is -2.51. The molecule has 0 aromatic carbocycles. The number of hydrogen-bond acceptors (Lipinski definition) is 2. The Balaban J connectivity index is 2.46. The van der Waals surface area contributed by atoms with E-state index >= 15 is 0 Å². The highest BCUT2D eigenvalue weighted by molar-refractivity contribution is 5.75. The number of carbonyl (C=O) groups is 2. The molecule has 1 rings (SSSR count). The van der Waals surface area contributed by atoms with Crippen LogP contribution in [0.3, 0.4) is 0 Å². The van der Waals surface area contributed by atoms with Gasteiger partial charge in [0.1, 0.15) is 0 Å². The average molecular weight is 242 g/mol. The Hall–Kier alpha value is -1.26. The van der Waals surface area contributed by atoms with Crippen molar-refractivity contribution < 1.29 is 14.7 Å². The molecule has 5 nitrogen and oxygen atoms in total. The van der Waals surface area contributed by atoms with E-state index in [9.17, 15) is 9.59 Å². The summed E-state index contributed by atoms with van der Waals surface area (Å²) in [6, 6.07) is 0.204. The molecule has 0 aliphatic carbocycles. The number of carboxylic acid groups (broad SMARTS) is 1. The maximum atomic E-state index is 12.0. The van der Waals surface area contributed by atoms with Gasteiger partial charge in [0.05, 0.1) is 0 Å². The molecule has 1 saturated heterocycles. The van der Waals surface area contributed by atoms with Crippen LogP contribution in [-0.4, -0.2) is 40.1 Å². The summed E-state index contributed by atoms with van der Waals surface area (Å²) in [7, 11) is 0. The van der Waals surface area contributed by atoms with Gasteiger partial charge in [-0.1, -0.05) is 0 Å². The first-order valence-corrected chi connectivity index (χ1v) is 6.12. The van der Waals surface area contributed by atoms with Gasteiger partial charge in [-0.2, -0.15) is 0 Å². The molecule has 1 heterocycles. The van der Waals surface area contributed by atoms with Crippen molar-refractivity contribution in [1.29, 1.82) is 0 Å². The van der Waals surface area contributed by atoms with Crippen LogP contribution in [-0.2, 0) is 4.79 Å². The topological polar surface area (TPSA) is 69.6 Å². The van der Waals surface area contributed by atoms with E-state index < -0.39 is 11.5 Å². The zero-order valence-corrected chi connectivity index (χ0v) is 10.8. The van der Waals surface area contributed by atoms with E-state index in [2.05, 4.69) is 5.32 Å². The van der Waals surface area contributed by atoms with E-state index in [1.807, 2.05) is 25.7 Å². The third-order valence-corrected chi connectivity index (χ3v) is 3.22. The Morgan fingerprint density at radius 2 is 2.12 bits per heavy atom. The first kappa shape index (κ1) is 13.8. The Labute approximate surface area is 102 Å². The monoisotopic (exact) mass is 242 g/mol. The molecule has 1 fully saturated rings. The first-order valence-electron chi connectivity index (χ1n) is 6.12. The second-order valence-corrected chi connectivity index (χ2v) is 5.39. The minimum atomic E-state index is -0.832. The van der Waals surface area contributed by atoms with Crippen LogP contribution in [0.2, 0.25) is 0 Å². The maximum absolute atomic E-state index is 12.0. The van der Waals surface area contributed by atoms with Crippen molar-refractivity contribution in [3.05, 3.63) is 0 Å². The fourth-order valence-electron chi connectivity index (χ4n) is 2.08. The smallest absolute Gasteiger partial charge is 0.318 e. The summed E-state index contributed by atoms with van der Waals surface area (Å²) in [5.41, 5.74) is -0.474. The molecule has 0 bridgehead atoms. The molecule has 1 aliphatic rings. The minimum absolute atomic E-state index is 0.0723. The number of urea groups is 1. The van der Waals surface area contributed by atoms with Crippen LogP contribution in [0.1, 0.15) is 46.5 Å². The van der Waals surface area contributed by atoms with Gasteiger partial charge in [0.25, 0.3) is 0 Å². The molecule has 2 N–H and O–H groups in total. The Bertz CT molecular complexity index is 302. The molecule has 1 atom stereocenters. The lowest BCUT2D eigenvalue weighted by atomic mass is 9.99. The third-order valence-electron chi connectivity index (χ3n) is 3.22. The molecule has 17 heavy (non-hydrogen) atoms. The standard InChI is InChI=1S/C12H22N2O3/c1-9-5-4-8-14(9)11(17)13-12(2,3)7-6-10(15)16/h9H,4-8H2,1-3H3,(H,13,17)(H,15,16). The van der Waals surface area contributed by atoms with Crippen molar-refractivity contribution in [3.8, 4) is 0 Å². The molecule has 5 heteroatoms. The molecular weight excluding hydrogens is 220 g/mol. The molecule has 1 aliphatic heterocycles. The zero-order valence-electron chi connectivity index (χ0n) is 10.8. The molecule has 2 amide bonds. The fourth-order valence-corrected chi connectivity index (χ4v) is 2.08. The summed E-state index contributed by atoms with van der Waals surface area (Å²) < 4.78 is 0. The van der Waals surface area contributed by atoms with Crippen molar-refractivity contribution in [3.63, 3.8) is 0 Å². The summed E-state index contributed by atoms with van der Waals surface area (Å²) in [4.78, 5) is 24.3. The van der Waals surface area contributed by atoms with Gasteiger partial charge in [0.15, 0.2) is 0 Å². The normalized spacial score (nSPS) is 20.4. The largest absolute Gasteiger partial charge is 0.481 e. The molecule has 0 aromatic heterocycles. The van der Waals surface area contributed by atoms with E-state index in [4.69, 9.17) is 5.11 Å². The van der Waals surface area contributed by atoms with Crippen LogP contribution in [0.25, 0.3) is 0 Å². The average Bonchev–Trinajstić information content (AvgIpc) is 2.61. The van der Waals surface area contributed by atoms with Crippen molar-refractivity contribution in [1.82, 2.24) is 10.2 Å². The maximum Gasteiger partial charge on any atom is 0.318 e. The van der Waals surface area contributed by atoms with Crippen LogP contribution in [0, 0.1) is 0 Å². The van der Waals surface area contributed by atoms with Crippen molar-refractivity contribution in [2.75, 3.05) is 6.54 Å². The zero-order chi connectivity index (χ0) is 13.1. The van der Waals surface area contributed by atoms with E-state index in [1.54, 1.807) is 0 Å². The number of hydrogen-bond donors (Lipinski definition) is 2. The number of aliphatic carboxylic acids is 1. The molecule has 98 valence electrons. The van der Waals surface area contributed by atoms with E-state index in [0.29, 0.717) is 6.42 Å². The number of rotatable bonds is 4.